The van der Waals surface area contributed by atoms with E-state index in [0.29, 0.717) is 0 Å². The summed E-state index contributed by atoms with van der Waals surface area (Å²) in [6, 6.07) is 0. The lowest BCUT2D eigenvalue weighted by Gasteiger charge is -2.26. The molecule has 0 saturated heterocycles. The van der Waals surface area contributed by atoms with Crippen molar-refractivity contribution in [2.24, 2.45) is 9.98 Å². The number of nitrogens with zero attached hydrogens (tertiary/aromatic N) is 2. The van der Waals surface area contributed by atoms with E-state index in [9.17, 15) is 0 Å². The van der Waals surface area contributed by atoms with Gasteiger partial charge in [0.15, 0.2) is 0 Å². The number of aliphatic imine (C=N–C) groups is 2. The molecular weight excluding hydrogens is 164 g/mol. The van der Waals surface area contributed by atoms with Crippen LogP contribution in [0.2, 0.25) is 0 Å². The Hall–Kier alpha value is -1.58. The van der Waals surface area contributed by atoms with E-state index in [1.807, 2.05) is 18.5 Å². The van der Waals surface area contributed by atoms with Gasteiger partial charge in [-0.05, 0) is 6.08 Å². The lowest BCUT2D eigenvalue weighted by atomic mass is 10.0. The van der Waals surface area contributed by atoms with E-state index in [1.165, 1.54) is 5.57 Å². The van der Waals surface area contributed by atoms with Crippen LogP contribution in [0.3, 0.4) is 0 Å². The third kappa shape index (κ3) is 0.915. The van der Waals surface area contributed by atoms with Gasteiger partial charge in [-0.1, -0.05) is 0 Å². The molecule has 0 radical (unpaired) electrons. The van der Waals surface area contributed by atoms with Gasteiger partial charge < -0.3 is 10.6 Å². The Labute approximate surface area is 76.2 Å². The first-order valence-corrected chi connectivity index (χ1v) is 4.44. The molecule has 66 valence electrons. The molecule has 1 unspecified atom stereocenters. The fourth-order valence-electron chi connectivity index (χ4n) is 1.78. The van der Waals surface area contributed by atoms with E-state index in [-0.39, 0.29) is 6.17 Å². The predicted octanol–water partition coefficient (Wildman–Crippen LogP) is -0.188. The molecule has 3 rings (SSSR count). The van der Waals surface area contributed by atoms with Crippen LogP contribution in [0.1, 0.15) is 0 Å². The van der Waals surface area contributed by atoms with Crippen molar-refractivity contribution in [3.8, 4) is 0 Å². The highest BCUT2D eigenvalue weighted by Gasteiger charge is 2.27. The van der Waals surface area contributed by atoms with Crippen molar-refractivity contribution < 1.29 is 0 Å². The summed E-state index contributed by atoms with van der Waals surface area (Å²) in [5, 5.41) is 6.51. The number of allylic oxidation sites excluding steroid dienone is 2. The number of hydrogen-bond donors (Lipinski definition) is 2. The summed E-state index contributed by atoms with van der Waals surface area (Å²) in [5.74, 6) is 0. The summed E-state index contributed by atoms with van der Waals surface area (Å²) in [6.45, 7) is 1.78. The zero-order chi connectivity index (χ0) is 8.67. The van der Waals surface area contributed by atoms with Gasteiger partial charge in [0.05, 0.1) is 18.0 Å². The second-order valence-corrected chi connectivity index (χ2v) is 3.20. The van der Waals surface area contributed by atoms with Crippen LogP contribution in [-0.4, -0.2) is 31.2 Å². The van der Waals surface area contributed by atoms with Crippen molar-refractivity contribution in [3.05, 3.63) is 23.5 Å². The molecule has 0 amide bonds. The normalized spacial score (nSPS) is 28.9. The molecule has 0 aromatic rings. The van der Waals surface area contributed by atoms with Crippen molar-refractivity contribution in [2.45, 2.75) is 6.17 Å². The minimum Gasteiger partial charge on any atom is -0.380 e. The van der Waals surface area contributed by atoms with E-state index in [1.54, 1.807) is 0 Å². The van der Waals surface area contributed by atoms with E-state index < -0.39 is 0 Å². The summed E-state index contributed by atoms with van der Waals surface area (Å²) in [5.41, 5.74) is 3.36. The Morgan fingerprint density at radius 3 is 3.46 bits per heavy atom. The highest BCUT2D eigenvalue weighted by atomic mass is 15.1. The van der Waals surface area contributed by atoms with Crippen LogP contribution in [0.25, 0.3) is 0 Å². The standard InChI is InChI=1S/C9H10N4/c1-2-12-9-6(1)8-7(5-13-9)10-3-4-11-8/h1-2,5,9-10,13H,3-4H2. The Balaban J connectivity index is 2.07. The number of hydrogen-bond acceptors (Lipinski definition) is 4. The Bertz CT molecular complexity index is 362. The molecule has 0 saturated carbocycles. The second-order valence-electron chi connectivity index (χ2n) is 3.20. The first-order valence-electron chi connectivity index (χ1n) is 4.44. The molecule has 0 aliphatic carbocycles. The molecule has 4 nitrogen and oxygen atoms in total. The predicted molar refractivity (Wildman–Crippen MR) is 51.9 cm³/mol. The molecule has 0 bridgehead atoms. The molecule has 3 heterocycles. The van der Waals surface area contributed by atoms with Gasteiger partial charge in [0, 0.05) is 24.5 Å². The van der Waals surface area contributed by atoms with Crippen molar-refractivity contribution in [1.82, 2.24) is 10.6 Å². The van der Waals surface area contributed by atoms with Gasteiger partial charge in [-0.15, -0.1) is 0 Å². The fraction of sp³-hybridized carbons (Fsp3) is 0.333. The van der Waals surface area contributed by atoms with Gasteiger partial charge in [-0.25, -0.2) is 0 Å². The Morgan fingerprint density at radius 2 is 2.46 bits per heavy atom. The van der Waals surface area contributed by atoms with Crippen molar-refractivity contribution in [3.63, 3.8) is 0 Å². The van der Waals surface area contributed by atoms with Crippen LogP contribution >= 0.6 is 0 Å². The first-order chi connectivity index (χ1) is 6.45. The van der Waals surface area contributed by atoms with Gasteiger partial charge in [0.1, 0.15) is 6.17 Å². The molecule has 3 aliphatic rings. The van der Waals surface area contributed by atoms with Crippen LogP contribution in [0.5, 0.6) is 0 Å². The first kappa shape index (κ1) is 6.88. The maximum absolute atomic E-state index is 4.49. The zero-order valence-electron chi connectivity index (χ0n) is 7.12. The number of nitrogens with one attached hydrogen (secondary N) is 2. The Kier molecular flexibility index (Phi) is 1.30. The maximum Gasteiger partial charge on any atom is 0.146 e. The number of fused-ring (bicyclic) bond motifs is 3. The van der Waals surface area contributed by atoms with Crippen LogP contribution in [0, 0.1) is 0 Å². The van der Waals surface area contributed by atoms with E-state index in [4.69, 9.17) is 0 Å². The van der Waals surface area contributed by atoms with Crippen LogP contribution in [0.4, 0.5) is 0 Å². The summed E-state index contributed by atoms with van der Waals surface area (Å²) < 4.78 is 0. The monoisotopic (exact) mass is 174 g/mol. The van der Waals surface area contributed by atoms with Gasteiger partial charge in [0.25, 0.3) is 0 Å². The molecule has 3 aliphatic heterocycles. The third-order valence-electron chi connectivity index (χ3n) is 2.40. The van der Waals surface area contributed by atoms with Crippen LogP contribution in [0.15, 0.2) is 33.5 Å². The molecule has 2 N–H and O–H groups in total. The molecule has 13 heavy (non-hydrogen) atoms. The molecule has 1 atom stereocenters. The van der Waals surface area contributed by atoms with Crippen molar-refractivity contribution >= 4 is 11.9 Å². The molecule has 0 fully saturated rings. The molecule has 0 spiro atoms. The molecule has 0 aromatic carbocycles. The second kappa shape index (κ2) is 2.45. The maximum atomic E-state index is 4.49. The van der Waals surface area contributed by atoms with E-state index in [0.717, 1.165) is 24.5 Å². The van der Waals surface area contributed by atoms with Crippen molar-refractivity contribution in [2.75, 3.05) is 13.1 Å². The van der Waals surface area contributed by atoms with Gasteiger partial charge >= 0.3 is 0 Å². The molecule has 4 heteroatoms. The van der Waals surface area contributed by atoms with Crippen molar-refractivity contribution in [1.29, 1.82) is 0 Å². The smallest absolute Gasteiger partial charge is 0.146 e. The average molecular weight is 174 g/mol. The average Bonchev–Trinajstić information content (AvgIpc) is 2.65. The lowest BCUT2D eigenvalue weighted by Crippen LogP contribution is -2.40. The highest BCUT2D eigenvalue weighted by Crippen LogP contribution is 2.20. The largest absolute Gasteiger partial charge is 0.380 e. The van der Waals surface area contributed by atoms with Crippen LogP contribution < -0.4 is 10.6 Å². The number of rotatable bonds is 0. The summed E-state index contributed by atoms with van der Waals surface area (Å²) in [7, 11) is 0. The quantitative estimate of drug-likeness (QED) is 0.535. The lowest BCUT2D eigenvalue weighted by molar-refractivity contribution is 0.686. The molecule has 0 aromatic heterocycles. The highest BCUT2D eigenvalue weighted by molar-refractivity contribution is 6.16. The zero-order valence-corrected chi connectivity index (χ0v) is 7.12. The van der Waals surface area contributed by atoms with Gasteiger partial charge in [-0.3, -0.25) is 9.98 Å². The summed E-state index contributed by atoms with van der Waals surface area (Å²) >= 11 is 0. The minimum absolute atomic E-state index is 0.0994. The van der Waals surface area contributed by atoms with E-state index in [2.05, 4.69) is 20.6 Å². The third-order valence-corrected chi connectivity index (χ3v) is 2.40. The van der Waals surface area contributed by atoms with Crippen LogP contribution in [-0.2, 0) is 0 Å². The summed E-state index contributed by atoms with van der Waals surface area (Å²) in [6.07, 6.45) is 5.92. The van der Waals surface area contributed by atoms with E-state index >= 15 is 0 Å². The molecular formula is C9H10N4. The Morgan fingerprint density at radius 1 is 1.46 bits per heavy atom. The van der Waals surface area contributed by atoms with Gasteiger partial charge in [-0.2, -0.15) is 0 Å². The summed E-state index contributed by atoms with van der Waals surface area (Å²) in [4.78, 5) is 8.76. The topological polar surface area (TPSA) is 48.8 Å². The fourth-order valence-corrected chi connectivity index (χ4v) is 1.78. The SMILES string of the molecule is C1=NC2NC=C3NCCN=C3C2=C1. The minimum atomic E-state index is 0.0994. The van der Waals surface area contributed by atoms with Gasteiger partial charge in [0.2, 0.25) is 0 Å².